The van der Waals surface area contributed by atoms with Crippen LogP contribution in [-0.4, -0.2) is 24.2 Å². The minimum Gasteiger partial charge on any atom is -0.402 e. The quantitative estimate of drug-likeness (QED) is 0.335. The van der Waals surface area contributed by atoms with Crippen molar-refractivity contribution in [3.63, 3.8) is 0 Å². The average molecular weight is 426 g/mol. The van der Waals surface area contributed by atoms with Crippen LogP contribution in [0.5, 0.6) is 0 Å². The van der Waals surface area contributed by atoms with E-state index in [-0.39, 0.29) is 23.9 Å². The Morgan fingerprint density at radius 3 is 2.45 bits per heavy atom. The van der Waals surface area contributed by atoms with E-state index >= 15 is 0 Å². The number of esters is 1. The van der Waals surface area contributed by atoms with Crippen LogP contribution in [-0.2, 0) is 9.53 Å². The normalized spacial score (nSPS) is 17.4. The van der Waals surface area contributed by atoms with Crippen LogP contribution in [0.3, 0.4) is 0 Å². The maximum atomic E-state index is 13.0. The van der Waals surface area contributed by atoms with Gasteiger partial charge in [0.15, 0.2) is 11.5 Å². The number of benzene rings is 3. The van der Waals surface area contributed by atoms with Gasteiger partial charge in [-0.1, -0.05) is 71.9 Å². The number of rotatable bonds is 4. The van der Waals surface area contributed by atoms with E-state index in [1.807, 2.05) is 90.7 Å². The van der Waals surface area contributed by atoms with Crippen molar-refractivity contribution in [2.24, 2.45) is 4.99 Å². The number of hydrogen-bond donors (Lipinski definition) is 0. The first-order valence-corrected chi connectivity index (χ1v) is 10.7. The van der Waals surface area contributed by atoms with Gasteiger partial charge in [0.1, 0.15) is 5.03 Å². The van der Waals surface area contributed by atoms with Crippen LogP contribution in [0.4, 0.5) is 5.69 Å². The monoisotopic (exact) mass is 426 g/mol. The van der Waals surface area contributed by atoms with E-state index in [1.54, 1.807) is 0 Å². The molecule has 0 N–H and O–H groups in total. The number of thioether (sulfide) groups is 1. The maximum Gasteiger partial charge on any atom is 0.366 e. The summed E-state index contributed by atoms with van der Waals surface area (Å²) in [6.45, 7) is 2.09. The van der Waals surface area contributed by atoms with Gasteiger partial charge < -0.3 is 9.64 Å². The smallest absolute Gasteiger partial charge is 0.366 e. The number of ketones is 1. The molecule has 31 heavy (non-hydrogen) atoms. The molecule has 0 atom stereocenters. The standard InChI is InChI=1S/C25H18N2O3S/c1-16-11-13-17(14-12-16)20(28)15-27-19-9-5-6-10-21(19)31-24(27)22-25(29)30-23(26-22)18-7-3-2-4-8-18/h2-14H,15H2,1H3/b24-22-. The van der Waals surface area contributed by atoms with E-state index in [1.165, 1.54) is 11.8 Å². The van der Waals surface area contributed by atoms with E-state index in [2.05, 4.69) is 4.99 Å². The topological polar surface area (TPSA) is 59.0 Å². The SMILES string of the molecule is Cc1ccc(C(=O)CN2/C(=C3/N=C(c4ccccc4)OC3=O)Sc3ccccc32)cc1. The zero-order chi connectivity index (χ0) is 21.4. The number of aliphatic imine (C=N–C) groups is 1. The molecule has 3 aromatic rings. The van der Waals surface area contributed by atoms with Gasteiger partial charge in [0.05, 0.1) is 12.2 Å². The van der Waals surface area contributed by atoms with Crippen molar-refractivity contribution >= 4 is 35.1 Å². The summed E-state index contributed by atoms with van der Waals surface area (Å²) in [7, 11) is 0. The molecule has 152 valence electrons. The number of para-hydroxylation sites is 1. The summed E-state index contributed by atoms with van der Waals surface area (Å²) in [6, 6.07) is 24.6. The lowest BCUT2D eigenvalue weighted by Crippen LogP contribution is -2.27. The molecule has 2 aliphatic rings. The fraction of sp³-hybridized carbons (Fsp3) is 0.0800. The largest absolute Gasteiger partial charge is 0.402 e. The number of ether oxygens (including phenoxy) is 1. The molecule has 0 bridgehead atoms. The van der Waals surface area contributed by atoms with Crippen molar-refractivity contribution in [2.75, 3.05) is 11.4 Å². The lowest BCUT2D eigenvalue weighted by molar-refractivity contribution is -0.130. The number of aryl methyl sites for hydroxylation is 1. The van der Waals surface area contributed by atoms with E-state index < -0.39 is 5.97 Å². The van der Waals surface area contributed by atoms with Crippen molar-refractivity contribution < 1.29 is 14.3 Å². The van der Waals surface area contributed by atoms with Gasteiger partial charge in [-0.15, -0.1) is 0 Å². The third-order valence-electron chi connectivity index (χ3n) is 5.10. The number of Topliss-reactive ketones (excluding diaryl/α,β-unsaturated/α-hetero) is 1. The summed E-state index contributed by atoms with van der Waals surface area (Å²) in [6.07, 6.45) is 0. The molecule has 0 fully saturated rings. The van der Waals surface area contributed by atoms with Crippen molar-refractivity contribution in [1.29, 1.82) is 0 Å². The molecule has 5 rings (SSSR count). The van der Waals surface area contributed by atoms with Crippen LogP contribution in [0.2, 0.25) is 0 Å². The summed E-state index contributed by atoms with van der Waals surface area (Å²) >= 11 is 1.43. The van der Waals surface area contributed by atoms with Gasteiger partial charge >= 0.3 is 5.97 Å². The highest BCUT2D eigenvalue weighted by atomic mass is 32.2. The van der Waals surface area contributed by atoms with Gasteiger partial charge in [0, 0.05) is 16.0 Å². The zero-order valence-electron chi connectivity index (χ0n) is 16.7. The first kappa shape index (κ1) is 19.3. The highest BCUT2D eigenvalue weighted by Crippen LogP contribution is 2.48. The molecule has 6 heteroatoms. The summed E-state index contributed by atoms with van der Waals surface area (Å²) < 4.78 is 5.45. The number of carbonyl (C=O) groups excluding carboxylic acids is 2. The Hall–Kier alpha value is -3.64. The Kier molecular flexibility index (Phi) is 4.92. The fourth-order valence-corrected chi connectivity index (χ4v) is 4.62. The second kappa shape index (κ2) is 7.89. The van der Waals surface area contributed by atoms with E-state index in [9.17, 15) is 9.59 Å². The molecule has 5 nitrogen and oxygen atoms in total. The predicted octanol–water partition coefficient (Wildman–Crippen LogP) is 4.96. The molecule has 0 spiro atoms. The molecule has 0 saturated heterocycles. The molecular formula is C25H18N2O3S. The highest BCUT2D eigenvalue weighted by molar-refractivity contribution is 8.03. The number of anilines is 1. The highest BCUT2D eigenvalue weighted by Gasteiger charge is 2.36. The van der Waals surface area contributed by atoms with Crippen LogP contribution in [0.15, 0.2) is 99.5 Å². The van der Waals surface area contributed by atoms with Gasteiger partial charge in [0.2, 0.25) is 5.90 Å². The van der Waals surface area contributed by atoms with E-state index in [0.29, 0.717) is 10.6 Å². The molecule has 0 unspecified atom stereocenters. The number of hydrogen-bond acceptors (Lipinski definition) is 6. The molecule has 0 saturated carbocycles. The number of carbonyl (C=O) groups is 2. The van der Waals surface area contributed by atoms with Crippen molar-refractivity contribution in [2.45, 2.75) is 11.8 Å². The molecule has 3 aromatic carbocycles. The molecular weight excluding hydrogens is 408 g/mol. The van der Waals surface area contributed by atoms with Crippen LogP contribution in [0, 0.1) is 6.92 Å². The molecule has 2 heterocycles. The van der Waals surface area contributed by atoms with Gasteiger partial charge in [-0.05, 0) is 31.2 Å². The Morgan fingerprint density at radius 1 is 0.968 bits per heavy atom. The minimum absolute atomic E-state index is 0.0333. The van der Waals surface area contributed by atoms with Crippen LogP contribution in [0.1, 0.15) is 21.5 Å². The third kappa shape index (κ3) is 3.66. The van der Waals surface area contributed by atoms with Crippen LogP contribution >= 0.6 is 11.8 Å². The lowest BCUT2D eigenvalue weighted by Gasteiger charge is -2.20. The van der Waals surface area contributed by atoms with Gasteiger partial charge in [-0.25, -0.2) is 9.79 Å². The summed E-state index contributed by atoms with van der Waals surface area (Å²) in [5.74, 6) is -0.273. The molecule has 0 aromatic heterocycles. The third-order valence-corrected chi connectivity index (χ3v) is 6.27. The molecule has 2 aliphatic heterocycles. The Morgan fingerprint density at radius 2 is 1.68 bits per heavy atom. The average Bonchev–Trinajstić information content (AvgIpc) is 3.35. The first-order valence-electron chi connectivity index (χ1n) is 9.85. The lowest BCUT2D eigenvalue weighted by atomic mass is 10.1. The number of cyclic esters (lactones) is 1. The summed E-state index contributed by atoms with van der Waals surface area (Å²) in [5.41, 5.74) is 3.56. The number of fused-ring (bicyclic) bond motifs is 1. The van der Waals surface area contributed by atoms with Gasteiger partial charge in [-0.2, -0.15) is 0 Å². The Bertz CT molecular complexity index is 1250. The van der Waals surface area contributed by atoms with E-state index in [4.69, 9.17) is 4.74 Å². The Balaban J connectivity index is 1.54. The second-order valence-electron chi connectivity index (χ2n) is 7.27. The van der Waals surface area contributed by atoms with Crippen LogP contribution < -0.4 is 4.90 Å². The Labute approximate surface area is 184 Å². The fourth-order valence-electron chi connectivity index (χ4n) is 3.49. The van der Waals surface area contributed by atoms with Crippen molar-refractivity contribution in [3.8, 4) is 0 Å². The predicted molar refractivity (Wildman–Crippen MR) is 121 cm³/mol. The minimum atomic E-state index is -0.512. The second-order valence-corrected chi connectivity index (χ2v) is 8.30. The molecule has 0 aliphatic carbocycles. The zero-order valence-corrected chi connectivity index (χ0v) is 17.6. The first-order chi connectivity index (χ1) is 15.1. The van der Waals surface area contributed by atoms with Gasteiger partial charge in [0.25, 0.3) is 0 Å². The molecule has 0 radical (unpaired) electrons. The maximum absolute atomic E-state index is 13.0. The number of nitrogens with zero attached hydrogens (tertiary/aromatic N) is 2. The summed E-state index contributed by atoms with van der Waals surface area (Å²) in [5, 5.41) is 0.609. The van der Waals surface area contributed by atoms with E-state index in [0.717, 1.165) is 21.7 Å². The van der Waals surface area contributed by atoms with Crippen molar-refractivity contribution in [1.82, 2.24) is 0 Å². The van der Waals surface area contributed by atoms with Crippen molar-refractivity contribution in [3.05, 3.63) is 106 Å². The van der Waals surface area contributed by atoms with Gasteiger partial charge in [-0.3, -0.25) is 4.79 Å². The molecule has 0 amide bonds. The van der Waals surface area contributed by atoms with Crippen LogP contribution in [0.25, 0.3) is 0 Å². The summed E-state index contributed by atoms with van der Waals surface area (Å²) in [4.78, 5) is 33.1.